The predicted octanol–water partition coefficient (Wildman–Crippen LogP) is 4.20. The van der Waals surface area contributed by atoms with E-state index >= 15 is 0 Å². The molecule has 0 unspecified atom stereocenters. The molecule has 2 heterocycles. The second kappa shape index (κ2) is 8.80. The Morgan fingerprint density at radius 3 is 2.50 bits per heavy atom. The van der Waals surface area contributed by atoms with Crippen molar-refractivity contribution in [1.82, 2.24) is 20.1 Å². The van der Waals surface area contributed by atoms with Crippen molar-refractivity contribution < 1.29 is 4.79 Å². The quantitative estimate of drug-likeness (QED) is 0.677. The summed E-state index contributed by atoms with van der Waals surface area (Å²) >= 11 is 6.32. The Morgan fingerprint density at radius 1 is 1.11 bits per heavy atom. The smallest absolute Gasteiger partial charge is 0.274 e. The standard InChI is InChI=1S/C21H22ClN5O/c1-14-12-15(2)20(17(22)13-14)24-19-5-4-18(25-26-19)21(28)27(3)11-8-16-6-9-23-10-7-16/h4-7,9-10,12-13H,8,11H2,1-3H3,(H,24,26). The number of hydrogen-bond acceptors (Lipinski definition) is 5. The van der Waals surface area contributed by atoms with E-state index in [1.807, 2.05) is 38.1 Å². The molecular formula is C21H22ClN5O. The highest BCUT2D eigenvalue weighted by Crippen LogP contribution is 2.29. The molecule has 1 amide bonds. The van der Waals surface area contributed by atoms with Crippen LogP contribution in [0, 0.1) is 13.8 Å². The van der Waals surface area contributed by atoms with Crippen molar-refractivity contribution in [3.8, 4) is 0 Å². The molecule has 28 heavy (non-hydrogen) atoms. The zero-order chi connectivity index (χ0) is 20.1. The second-order valence-electron chi connectivity index (χ2n) is 6.70. The highest BCUT2D eigenvalue weighted by atomic mass is 35.5. The van der Waals surface area contributed by atoms with Gasteiger partial charge in [0.15, 0.2) is 11.5 Å². The van der Waals surface area contributed by atoms with Crippen LogP contribution < -0.4 is 5.32 Å². The van der Waals surface area contributed by atoms with Gasteiger partial charge in [-0.05, 0) is 67.3 Å². The molecule has 0 saturated carbocycles. The summed E-state index contributed by atoms with van der Waals surface area (Å²) in [6.45, 7) is 4.56. The minimum Gasteiger partial charge on any atom is -0.340 e. The van der Waals surface area contributed by atoms with Crippen LogP contribution in [0.3, 0.4) is 0 Å². The molecule has 6 nitrogen and oxygen atoms in total. The maximum Gasteiger partial charge on any atom is 0.274 e. The normalized spacial score (nSPS) is 10.6. The number of hydrogen-bond donors (Lipinski definition) is 1. The van der Waals surface area contributed by atoms with Gasteiger partial charge in [-0.1, -0.05) is 17.7 Å². The average molecular weight is 396 g/mol. The summed E-state index contributed by atoms with van der Waals surface area (Å²) in [6.07, 6.45) is 4.25. The molecule has 0 bridgehead atoms. The van der Waals surface area contributed by atoms with E-state index in [2.05, 4.69) is 20.5 Å². The summed E-state index contributed by atoms with van der Waals surface area (Å²) in [4.78, 5) is 18.2. The molecule has 1 N–H and O–H groups in total. The van der Waals surface area contributed by atoms with Crippen LogP contribution in [0.1, 0.15) is 27.2 Å². The van der Waals surface area contributed by atoms with Gasteiger partial charge < -0.3 is 10.2 Å². The third kappa shape index (κ3) is 4.84. The second-order valence-corrected chi connectivity index (χ2v) is 7.11. The van der Waals surface area contributed by atoms with E-state index in [1.54, 1.807) is 36.5 Å². The molecule has 144 valence electrons. The van der Waals surface area contributed by atoms with Crippen molar-refractivity contribution in [3.63, 3.8) is 0 Å². The lowest BCUT2D eigenvalue weighted by Crippen LogP contribution is -2.29. The van der Waals surface area contributed by atoms with Gasteiger partial charge in [0, 0.05) is 26.0 Å². The number of aromatic nitrogens is 3. The van der Waals surface area contributed by atoms with Gasteiger partial charge in [-0.15, -0.1) is 10.2 Å². The fourth-order valence-corrected chi connectivity index (χ4v) is 3.23. The highest BCUT2D eigenvalue weighted by Gasteiger charge is 2.14. The van der Waals surface area contributed by atoms with Crippen LogP contribution in [0.25, 0.3) is 0 Å². The average Bonchev–Trinajstić information content (AvgIpc) is 2.69. The number of carbonyl (C=O) groups excluding carboxylic acids is 1. The van der Waals surface area contributed by atoms with Gasteiger partial charge in [0.2, 0.25) is 0 Å². The molecule has 0 spiro atoms. The van der Waals surface area contributed by atoms with Gasteiger partial charge in [-0.3, -0.25) is 9.78 Å². The first kappa shape index (κ1) is 19.8. The Bertz CT molecular complexity index is 937. The summed E-state index contributed by atoms with van der Waals surface area (Å²) in [7, 11) is 1.76. The van der Waals surface area contributed by atoms with Crippen molar-refractivity contribution in [2.75, 3.05) is 18.9 Å². The lowest BCUT2D eigenvalue weighted by molar-refractivity contribution is 0.0789. The number of benzene rings is 1. The number of pyridine rings is 1. The molecule has 7 heteroatoms. The topological polar surface area (TPSA) is 71.0 Å². The molecule has 0 radical (unpaired) electrons. The summed E-state index contributed by atoms with van der Waals surface area (Å²) in [6, 6.07) is 11.2. The SMILES string of the molecule is Cc1cc(C)c(Nc2ccc(C(=O)N(C)CCc3ccncc3)nn2)c(Cl)c1. The van der Waals surface area contributed by atoms with Crippen LogP contribution in [0.2, 0.25) is 5.02 Å². The van der Waals surface area contributed by atoms with Gasteiger partial charge in [0.25, 0.3) is 5.91 Å². The number of amides is 1. The fraction of sp³-hybridized carbons (Fsp3) is 0.238. The van der Waals surface area contributed by atoms with Gasteiger partial charge in [0.05, 0.1) is 10.7 Å². The first-order valence-corrected chi connectivity index (χ1v) is 9.33. The van der Waals surface area contributed by atoms with E-state index in [0.29, 0.717) is 23.1 Å². The van der Waals surface area contributed by atoms with Gasteiger partial charge in [-0.2, -0.15) is 0 Å². The number of aryl methyl sites for hydroxylation is 2. The molecule has 0 saturated heterocycles. The van der Waals surface area contributed by atoms with Crippen molar-refractivity contribution in [1.29, 1.82) is 0 Å². The minimum absolute atomic E-state index is 0.169. The third-order valence-electron chi connectivity index (χ3n) is 4.40. The van der Waals surface area contributed by atoms with Crippen molar-refractivity contribution in [3.05, 3.63) is 76.2 Å². The Labute approximate surface area is 169 Å². The van der Waals surface area contributed by atoms with Gasteiger partial charge >= 0.3 is 0 Å². The summed E-state index contributed by atoms with van der Waals surface area (Å²) in [5.74, 6) is 0.363. The molecule has 0 aliphatic rings. The van der Waals surface area contributed by atoms with Crippen LogP contribution in [-0.4, -0.2) is 39.6 Å². The Morgan fingerprint density at radius 2 is 1.86 bits per heavy atom. The van der Waals surface area contributed by atoms with E-state index in [-0.39, 0.29) is 5.91 Å². The molecule has 2 aromatic heterocycles. The van der Waals surface area contributed by atoms with Gasteiger partial charge in [0.1, 0.15) is 0 Å². The van der Waals surface area contributed by atoms with Crippen molar-refractivity contribution >= 4 is 29.0 Å². The molecule has 3 aromatic rings. The number of anilines is 2. The lowest BCUT2D eigenvalue weighted by Gasteiger charge is -2.16. The molecular weight excluding hydrogens is 374 g/mol. The predicted molar refractivity (Wildman–Crippen MR) is 111 cm³/mol. The van der Waals surface area contributed by atoms with E-state index in [4.69, 9.17) is 11.6 Å². The fourth-order valence-electron chi connectivity index (χ4n) is 2.86. The molecule has 3 rings (SSSR count). The molecule has 0 aliphatic carbocycles. The van der Waals surface area contributed by atoms with Gasteiger partial charge in [-0.25, -0.2) is 0 Å². The van der Waals surface area contributed by atoms with Crippen LogP contribution in [0.4, 0.5) is 11.5 Å². The Hall–Kier alpha value is -2.99. The monoisotopic (exact) mass is 395 g/mol. The first-order valence-electron chi connectivity index (χ1n) is 8.96. The largest absolute Gasteiger partial charge is 0.340 e. The summed E-state index contributed by atoms with van der Waals surface area (Å²) in [5, 5.41) is 12.0. The number of rotatable bonds is 6. The van der Waals surface area contributed by atoms with Crippen LogP contribution in [0.5, 0.6) is 0 Å². The number of nitrogens with one attached hydrogen (secondary N) is 1. The Kier molecular flexibility index (Phi) is 6.21. The van der Waals surface area contributed by atoms with Crippen LogP contribution >= 0.6 is 11.6 Å². The molecule has 0 fully saturated rings. The van der Waals surface area contributed by atoms with E-state index in [1.165, 1.54) is 0 Å². The molecule has 1 aromatic carbocycles. The highest BCUT2D eigenvalue weighted by molar-refractivity contribution is 6.33. The number of halogens is 1. The Balaban J connectivity index is 1.64. The van der Waals surface area contributed by atoms with Crippen molar-refractivity contribution in [2.24, 2.45) is 0 Å². The summed E-state index contributed by atoms with van der Waals surface area (Å²) < 4.78 is 0. The minimum atomic E-state index is -0.169. The van der Waals surface area contributed by atoms with E-state index in [9.17, 15) is 4.79 Å². The van der Waals surface area contributed by atoms with E-state index in [0.717, 1.165) is 28.8 Å². The number of carbonyl (C=O) groups is 1. The lowest BCUT2D eigenvalue weighted by atomic mass is 10.1. The zero-order valence-corrected chi connectivity index (χ0v) is 16.9. The maximum atomic E-state index is 12.6. The van der Waals surface area contributed by atoms with E-state index < -0.39 is 0 Å². The zero-order valence-electron chi connectivity index (χ0n) is 16.1. The third-order valence-corrected chi connectivity index (χ3v) is 4.70. The van der Waals surface area contributed by atoms with Crippen molar-refractivity contribution in [2.45, 2.75) is 20.3 Å². The summed E-state index contributed by atoms with van der Waals surface area (Å²) in [5.41, 5.74) is 4.33. The first-order chi connectivity index (χ1) is 13.4. The number of likely N-dealkylation sites (N-methyl/N-ethyl adjacent to an activating group) is 1. The molecule has 0 aliphatic heterocycles. The van der Waals surface area contributed by atoms with Crippen LogP contribution in [0.15, 0.2) is 48.8 Å². The molecule has 0 atom stereocenters. The van der Waals surface area contributed by atoms with Crippen LogP contribution in [-0.2, 0) is 6.42 Å². The number of nitrogens with zero attached hydrogens (tertiary/aromatic N) is 4. The maximum absolute atomic E-state index is 12.6.